The first kappa shape index (κ1) is 19.0. The standard InChI is InChI=1S/C19H23ClN2O3S/c1-25-12-11-22-10-2-3-16-6-9-18(13-19(16)22)21-26(23,24)14-15-4-7-17(20)8-5-15/h4-9,13,21H,2-3,10-12,14H2,1H3. The van der Waals surface area contributed by atoms with Gasteiger partial charge in [0.15, 0.2) is 0 Å². The van der Waals surface area contributed by atoms with Gasteiger partial charge in [0.2, 0.25) is 10.0 Å². The molecule has 0 aliphatic carbocycles. The van der Waals surface area contributed by atoms with Crippen LogP contribution >= 0.6 is 11.6 Å². The Morgan fingerprint density at radius 3 is 2.69 bits per heavy atom. The number of benzene rings is 2. The fourth-order valence-corrected chi connectivity index (χ4v) is 4.48. The van der Waals surface area contributed by atoms with Crippen LogP contribution in [0.5, 0.6) is 0 Å². The monoisotopic (exact) mass is 394 g/mol. The summed E-state index contributed by atoms with van der Waals surface area (Å²) >= 11 is 5.85. The number of hydrogen-bond donors (Lipinski definition) is 1. The third kappa shape index (κ3) is 4.90. The van der Waals surface area contributed by atoms with Crippen molar-refractivity contribution in [1.82, 2.24) is 0 Å². The minimum absolute atomic E-state index is 0.0886. The van der Waals surface area contributed by atoms with Crippen molar-refractivity contribution in [1.29, 1.82) is 0 Å². The highest BCUT2D eigenvalue weighted by Crippen LogP contribution is 2.30. The number of halogens is 1. The Morgan fingerprint density at radius 1 is 1.19 bits per heavy atom. The Balaban J connectivity index is 1.76. The van der Waals surface area contributed by atoms with Gasteiger partial charge in [0.25, 0.3) is 0 Å². The van der Waals surface area contributed by atoms with Crippen LogP contribution in [0.25, 0.3) is 0 Å². The second-order valence-electron chi connectivity index (χ2n) is 6.41. The number of hydrogen-bond acceptors (Lipinski definition) is 4. The molecule has 0 radical (unpaired) electrons. The topological polar surface area (TPSA) is 58.6 Å². The molecule has 0 bridgehead atoms. The molecular formula is C19H23ClN2O3S. The number of rotatable bonds is 7. The van der Waals surface area contributed by atoms with Gasteiger partial charge < -0.3 is 9.64 Å². The van der Waals surface area contributed by atoms with Crippen LogP contribution in [0.2, 0.25) is 5.02 Å². The molecule has 3 rings (SSSR count). The molecule has 1 aliphatic heterocycles. The average molecular weight is 395 g/mol. The second-order valence-corrected chi connectivity index (χ2v) is 8.57. The molecule has 140 valence electrons. The lowest BCUT2D eigenvalue weighted by Gasteiger charge is -2.31. The zero-order valence-corrected chi connectivity index (χ0v) is 16.3. The zero-order chi connectivity index (χ0) is 18.6. The van der Waals surface area contributed by atoms with Crippen molar-refractivity contribution in [2.45, 2.75) is 18.6 Å². The lowest BCUT2D eigenvalue weighted by Crippen LogP contribution is -2.32. The maximum absolute atomic E-state index is 12.5. The van der Waals surface area contributed by atoms with Crippen LogP contribution in [0.3, 0.4) is 0 Å². The van der Waals surface area contributed by atoms with E-state index in [-0.39, 0.29) is 5.75 Å². The quantitative estimate of drug-likeness (QED) is 0.778. The van der Waals surface area contributed by atoms with E-state index in [0.717, 1.165) is 31.6 Å². The molecule has 0 saturated heterocycles. The van der Waals surface area contributed by atoms with E-state index in [1.54, 1.807) is 31.4 Å². The Labute approximate surface area is 160 Å². The van der Waals surface area contributed by atoms with Crippen LogP contribution in [-0.2, 0) is 26.9 Å². The van der Waals surface area contributed by atoms with Crippen molar-refractivity contribution in [3.8, 4) is 0 Å². The van der Waals surface area contributed by atoms with Gasteiger partial charge in [-0.05, 0) is 48.2 Å². The zero-order valence-electron chi connectivity index (χ0n) is 14.7. The molecule has 0 spiro atoms. The highest BCUT2D eigenvalue weighted by Gasteiger charge is 2.19. The summed E-state index contributed by atoms with van der Waals surface area (Å²) in [5, 5.41) is 0.588. The van der Waals surface area contributed by atoms with Gasteiger partial charge in [-0.25, -0.2) is 8.42 Å². The Hall–Kier alpha value is -1.76. The molecule has 26 heavy (non-hydrogen) atoms. The van der Waals surface area contributed by atoms with E-state index in [9.17, 15) is 8.42 Å². The van der Waals surface area contributed by atoms with Gasteiger partial charge >= 0.3 is 0 Å². The maximum Gasteiger partial charge on any atom is 0.236 e. The first-order chi connectivity index (χ1) is 12.5. The van der Waals surface area contributed by atoms with E-state index in [1.165, 1.54) is 5.56 Å². The molecular weight excluding hydrogens is 372 g/mol. The van der Waals surface area contributed by atoms with Crippen molar-refractivity contribution >= 4 is 33.0 Å². The minimum Gasteiger partial charge on any atom is -0.383 e. The van der Waals surface area contributed by atoms with Crippen LogP contribution in [0, 0.1) is 0 Å². The van der Waals surface area contributed by atoms with E-state index in [1.807, 2.05) is 18.2 Å². The summed E-state index contributed by atoms with van der Waals surface area (Å²) in [6.45, 7) is 2.40. The molecule has 1 heterocycles. The molecule has 2 aromatic rings. The van der Waals surface area contributed by atoms with Gasteiger partial charge in [-0.3, -0.25) is 4.72 Å². The molecule has 0 amide bonds. The number of aryl methyl sites for hydroxylation is 1. The third-order valence-electron chi connectivity index (χ3n) is 4.41. The van der Waals surface area contributed by atoms with Crippen LogP contribution in [-0.4, -0.2) is 35.2 Å². The fourth-order valence-electron chi connectivity index (χ4n) is 3.16. The van der Waals surface area contributed by atoms with E-state index < -0.39 is 10.0 Å². The van der Waals surface area contributed by atoms with E-state index in [0.29, 0.717) is 22.9 Å². The smallest absolute Gasteiger partial charge is 0.236 e. The van der Waals surface area contributed by atoms with Crippen LogP contribution in [0.15, 0.2) is 42.5 Å². The fraction of sp³-hybridized carbons (Fsp3) is 0.368. The summed E-state index contributed by atoms with van der Waals surface area (Å²) in [6.07, 6.45) is 2.11. The van der Waals surface area contributed by atoms with Gasteiger partial charge in [0, 0.05) is 30.9 Å². The molecule has 0 fully saturated rings. The largest absolute Gasteiger partial charge is 0.383 e. The molecule has 2 aromatic carbocycles. The Morgan fingerprint density at radius 2 is 1.96 bits per heavy atom. The van der Waals surface area contributed by atoms with Crippen molar-refractivity contribution < 1.29 is 13.2 Å². The summed E-state index contributed by atoms with van der Waals surface area (Å²) in [7, 11) is -1.81. The number of methoxy groups -OCH3 is 1. The van der Waals surface area contributed by atoms with Crippen LogP contribution in [0.4, 0.5) is 11.4 Å². The number of anilines is 2. The number of nitrogens with one attached hydrogen (secondary N) is 1. The molecule has 0 saturated carbocycles. The van der Waals surface area contributed by atoms with Gasteiger partial charge in [-0.1, -0.05) is 29.8 Å². The van der Waals surface area contributed by atoms with E-state index >= 15 is 0 Å². The number of nitrogens with zero attached hydrogens (tertiary/aromatic N) is 1. The van der Waals surface area contributed by atoms with Crippen LogP contribution in [0.1, 0.15) is 17.5 Å². The van der Waals surface area contributed by atoms with Gasteiger partial charge in [0.1, 0.15) is 0 Å². The Kier molecular flexibility index (Phi) is 6.06. The third-order valence-corrected chi connectivity index (χ3v) is 5.92. The molecule has 5 nitrogen and oxygen atoms in total. The normalized spacial score (nSPS) is 14.2. The second kappa shape index (κ2) is 8.29. The van der Waals surface area contributed by atoms with Gasteiger partial charge in [-0.15, -0.1) is 0 Å². The van der Waals surface area contributed by atoms with E-state index in [4.69, 9.17) is 16.3 Å². The SMILES string of the molecule is COCCN1CCCc2ccc(NS(=O)(=O)Cc3ccc(Cl)cc3)cc21. The molecule has 0 unspecified atom stereocenters. The number of fused-ring (bicyclic) bond motifs is 1. The summed E-state index contributed by atoms with van der Waals surface area (Å²) in [4.78, 5) is 2.25. The average Bonchev–Trinajstić information content (AvgIpc) is 2.61. The van der Waals surface area contributed by atoms with Crippen molar-refractivity contribution in [2.75, 3.05) is 36.4 Å². The molecule has 0 aromatic heterocycles. The predicted octanol–water partition coefficient (Wildman–Crippen LogP) is 3.68. The molecule has 0 atom stereocenters. The lowest BCUT2D eigenvalue weighted by atomic mass is 10.0. The van der Waals surface area contributed by atoms with Crippen molar-refractivity contribution in [3.05, 3.63) is 58.6 Å². The first-order valence-electron chi connectivity index (χ1n) is 8.58. The summed E-state index contributed by atoms with van der Waals surface area (Å²) < 4.78 is 32.9. The molecule has 7 heteroatoms. The summed E-state index contributed by atoms with van der Waals surface area (Å²) in [5.74, 6) is -0.0886. The van der Waals surface area contributed by atoms with Gasteiger partial charge in [-0.2, -0.15) is 0 Å². The summed E-state index contributed by atoms with van der Waals surface area (Å²) in [6, 6.07) is 12.6. The molecule has 1 N–H and O–H groups in total. The van der Waals surface area contributed by atoms with E-state index in [2.05, 4.69) is 9.62 Å². The first-order valence-corrected chi connectivity index (χ1v) is 10.6. The Bertz CT molecular complexity index is 854. The van der Waals surface area contributed by atoms with Crippen molar-refractivity contribution in [2.24, 2.45) is 0 Å². The highest BCUT2D eigenvalue weighted by atomic mass is 35.5. The van der Waals surface area contributed by atoms with Crippen LogP contribution < -0.4 is 9.62 Å². The van der Waals surface area contributed by atoms with Crippen molar-refractivity contribution in [3.63, 3.8) is 0 Å². The van der Waals surface area contributed by atoms with Gasteiger partial charge in [0.05, 0.1) is 18.0 Å². The lowest BCUT2D eigenvalue weighted by molar-refractivity contribution is 0.205. The number of ether oxygens (including phenoxy) is 1. The maximum atomic E-state index is 12.5. The predicted molar refractivity (Wildman–Crippen MR) is 107 cm³/mol. The highest BCUT2D eigenvalue weighted by molar-refractivity contribution is 7.91. The molecule has 1 aliphatic rings. The summed E-state index contributed by atoms with van der Waals surface area (Å²) in [5.41, 5.74) is 3.61. The minimum atomic E-state index is -3.50. The number of sulfonamides is 1.